The molecule has 7 nitrogen and oxygen atoms in total. The van der Waals surface area contributed by atoms with Crippen molar-refractivity contribution in [1.29, 1.82) is 0 Å². The zero-order chi connectivity index (χ0) is 17.9. The number of halogens is 1. The standard InChI is InChI=1S/C18H29N5O2.HI/c1-14-4-7-16(22-12-14)23-17(24)8-10-21-18(19-2)20-9-3-11-25-13-15-5-6-15;/h4,7,12,15H,3,5-6,8-11,13H2,1-2H3,(H2,19,20,21)(H,22,23,24);1H. The van der Waals surface area contributed by atoms with Crippen LogP contribution in [0.4, 0.5) is 5.82 Å². The lowest BCUT2D eigenvalue weighted by Crippen LogP contribution is -2.39. The van der Waals surface area contributed by atoms with Gasteiger partial charge in [0.05, 0.1) is 0 Å². The van der Waals surface area contributed by atoms with Crippen LogP contribution in [0.3, 0.4) is 0 Å². The van der Waals surface area contributed by atoms with Gasteiger partial charge in [-0.3, -0.25) is 9.79 Å². The molecule has 1 saturated carbocycles. The van der Waals surface area contributed by atoms with E-state index in [4.69, 9.17) is 4.74 Å². The number of aliphatic imine (C=N–C) groups is 1. The fourth-order valence-corrected chi connectivity index (χ4v) is 2.18. The van der Waals surface area contributed by atoms with Crippen molar-refractivity contribution in [3.8, 4) is 0 Å². The van der Waals surface area contributed by atoms with Gasteiger partial charge in [-0.25, -0.2) is 4.98 Å². The van der Waals surface area contributed by atoms with E-state index < -0.39 is 0 Å². The number of nitrogens with one attached hydrogen (secondary N) is 3. The van der Waals surface area contributed by atoms with Gasteiger partial charge in [0.2, 0.25) is 5.91 Å². The summed E-state index contributed by atoms with van der Waals surface area (Å²) in [4.78, 5) is 20.2. The molecule has 1 fully saturated rings. The molecule has 1 aromatic heterocycles. The smallest absolute Gasteiger partial charge is 0.227 e. The van der Waals surface area contributed by atoms with Crippen molar-refractivity contribution in [3.05, 3.63) is 23.9 Å². The number of ether oxygens (including phenoxy) is 1. The predicted octanol–water partition coefficient (Wildman–Crippen LogP) is 2.32. The number of aromatic nitrogens is 1. The van der Waals surface area contributed by atoms with Crippen LogP contribution in [0.5, 0.6) is 0 Å². The van der Waals surface area contributed by atoms with E-state index in [9.17, 15) is 4.79 Å². The molecule has 1 aromatic rings. The van der Waals surface area contributed by atoms with Crippen molar-refractivity contribution < 1.29 is 9.53 Å². The molecule has 1 aliphatic carbocycles. The Balaban J connectivity index is 0.00000338. The molecule has 26 heavy (non-hydrogen) atoms. The summed E-state index contributed by atoms with van der Waals surface area (Å²) in [5.74, 6) is 2.00. The van der Waals surface area contributed by atoms with Crippen LogP contribution >= 0.6 is 24.0 Å². The van der Waals surface area contributed by atoms with Crippen LogP contribution < -0.4 is 16.0 Å². The van der Waals surface area contributed by atoms with E-state index >= 15 is 0 Å². The van der Waals surface area contributed by atoms with Gasteiger partial charge in [-0.15, -0.1) is 24.0 Å². The number of anilines is 1. The van der Waals surface area contributed by atoms with Crippen molar-refractivity contribution in [3.63, 3.8) is 0 Å². The topological polar surface area (TPSA) is 87.6 Å². The molecule has 3 N–H and O–H groups in total. The zero-order valence-corrected chi connectivity index (χ0v) is 17.9. The monoisotopic (exact) mass is 475 g/mol. The molecule has 0 saturated heterocycles. The first-order valence-electron chi connectivity index (χ1n) is 8.92. The molecule has 0 spiro atoms. The number of pyridine rings is 1. The molecule has 0 radical (unpaired) electrons. The van der Waals surface area contributed by atoms with Crippen molar-refractivity contribution in [2.45, 2.75) is 32.6 Å². The highest BCUT2D eigenvalue weighted by molar-refractivity contribution is 14.0. The van der Waals surface area contributed by atoms with Gasteiger partial charge in [-0.05, 0) is 43.7 Å². The van der Waals surface area contributed by atoms with Crippen molar-refractivity contribution in [1.82, 2.24) is 15.6 Å². The fourth-order valence-electron chi connectivity index (χ4n) is 2.18. The van der Waals surface area contributed by atoms with Crippen LogP contribution in [-0.2, 0) is 9.53 Å². The number of aryl methyl sites for hydroxylation is 1. The summed E-state index contributed by atoms with van der Waals surface area (Å²) in [5.41, 5.74) is 1.06. The Hall–Kier alpha value is -1.42. The van der Waals surface area contributed by atoms with E-state index in [1.807, 2.05) is 13.0 Å². The number of hydrogen-bond donors (Lipinski definition) is 3. The van der Waals surface area contributed by atoms with E-state index in [1.165, 1.54) is 12.8 Å². The van der Waals surface area contributed by atoms with Crippen LogP contribution in [-0.4, -0.2) is 50.2 Å². The third kappa shape index (κ3) is 9.91. The van der Waals surface area contributed by atoms with Gasteiger partial charge in [0, 0.05) is 46.0 Å². The first-order chi connectivity index (χ1) is 12.2. The average molecular weight is 475 g/mol. The minimum absolute atomic E-state index is 0. The maximum atomic E-state index is 11.9. The number of amides is 1. The Morgan fingerprint density at radius 2 is 2.08 bits per heavy atom. The molecule has 146 valence electrons. The summed E-state index contributed by atoms with van der Waals surface area (Å²) < 4.78 is 5.59. The summed E-state index contributed by atoms with van der Waals surface area (Å²) in [5, 5.41) is 9.12. The van der Waals surface area contributed by atoms with Gasteiger partial charge in [-0.1, -0.05) is 6.07 Å². The van der Waals surface area contributed by atoms with Crippen LogP contribution in [0.15, 0.2) is 23.3 Å². The van der Waals surface area contributed by atoms with Crippen LogP contribution in [0, 0.1) is 12.8 Å². The Morgan fingerprint density at radius 1 is 1.31 bits per heavy atom. The van der Waals surface area contributed by atoms with Gasteiger partial charge in [0.25, 0.3) is 0 Å². The largest absolute Gasteiger partial charge is 0.381 e. The highest BCUT2D eigenvalue weighted by atomic mass is 127. The number of nitrogens with zero attached hydrogens (tertiary/aromatic N) is 2. The van der Waals surface area contributed by atoms with Gasteiger partial charge in [0.1, 0.15) is 5.82 Å². The maximum absolute atomic E-state index is 11.9. The SMILES string of the molecule is CN=C(NCCCOCC1CC1)NCCC(=O)Nc1ccc(C)cn1.I. The van der Waals surface area contributed by atoms with E-state index in [2.05, 4.69) is 25.9 Å². The van der Waals surface area contributed by atoms with Crippen LogP contribution in [0.1, 0.15) is 31.2 Å². The number of carbonyl (C=O) groups is 1. The number of carbonyl (C=O) groups excluding carboxylic acids is 1. The Kier molecular flexibility index (Phi) is 11.2. The third-order valence-corrected chi connectivity index (χ3v) is 3.86. The molecular weight excluding hydrogens is 445 g/mol. The summed E-state index contributed by atoms with van der Waals surface area (Å²) in [6, 6.07) is 3.72. The fraction of sp³-hybridized carbons (Fsp3) is 0.611. The Labute approximate surface area is 172 Å². The minimum Gasteiger partial charge on any atom is -0.381 e. The molecule has 0 aromatic carbocycles. The highest BCUT2D eigenvalue weighted by Crippen LogP contribution is 2.28. The first kappa shape index (κ1) is 22.6. The van der Waals surface area contributed by atoms with Crippen molar-refractivity contribution >= 4 is 41.7 Å². The first-order valence-corrected chi connectivity index (χ1v) is 8.92. The summed E-state index contributed by atoms with van der Waals surface area (Å²) in [6.45, 7) is 4.93. The normalized spacial score (nSPS) is 13.7. The second-order valence-electron chi connectivity index (χ2n) is 6.32. The van der Waals surface area contributed by atoms with Gasteiger partial charge >= 0.3 is 0 Å². The summed E-state index contributed by atoms with van der Waals surface area (Å²) >= 11 is 0. The molecule has 0 unspecified atom stereocenters. The molecular formula is C18H30IN5O2. The quantitative estimate of drug-likeness (QED) is 0.209. The Morgan fingerprint density at radius 3 is 2.73 bits per heavy atom. The zero-order valence-electron chi connectivity index (χ0n) is 15.6. The van der Waals surface area contributed by atoms with Crippen LogP contribution in [0.25, 0.3) is 0 Å². The molecule has 0 aliphatic heterocycles. The second-order valence-corrected chi connectivity index (χ2v) is 6.32. The predicted molar refractivity (Wildman–Crippen MR) is 115 cm³/mol. The van der Waals surface area contributed by atoms with Gasteiger partial charge in [-0.2, -0.15) is 0 Å². The van der Waals surface area contributed by atoms with E-state index in [-0.39, 0.29) is 29.9 Å². The van der Waals surface area contributed by atoms with E-state index in [0.29, 0.717) is 24.7 Å². The Bertz CT molecular complexity index is 561. The van der Waals surface area contributed by atoms with E-state index in [0.717, 1.165) is 37.7 Å². The van der Waals surface area contributed by atoms with Gasteiger partial charge in [0.15, 0.2) is 5.96 Å². The maximum Gasteiger partial charge on any atom is 0.227 e. The number of guanidine groups is 1. The molecule has 0 bridgehead atoms. The van der Waals surface area contributed by atoms with E-state index in [1.54, 1.807) is 19.3 Å². The third-order valence-electron chi connectivity index (χ3n) is 3.86. The second kappa shape index (κ2) is 12.9. The van der Waals surface area contributed by atoms with Gasteiger partial charge < -0.3 is 20.7 Å². The molecule has 1 heterocycles. The summed E-state index contributed by atoms with van der Waals surface area (Å²) in [7, 11) is 1.72. The summed E-state index contributed by atoms with van der Waals surface area (Å²) in [6.07, 6.45) is 5.66. The highest BCUT2D eigenvalue weighted by Gasteiger charge is 2.20. The molecule has 1 amide bonds. The number of rotatable bonds is 10. The molecule has 8 heteroatoms. The molecule has 2 rings (SSSR count). The number of hydrogen-bond acceptors (Lipinski definition) is 4. The van der Waals surface area contributed by atoms with Crippen LogP contribution in [0.2, 0.25) is 0 Å². The van der Waals surface area contributed by atoms with Crippen molar-refractivity contribution in [2.24, 2.45) is 10.9 Å². The average Bonchev–Trinajstić information content (AvgIpc) is 3.42. The van der Waals surface area contributed by atoms with Crippen molar-refractivity contribution in [2.75, 3.05) is 38.7 Å². The lowest BCUT2D eigenvalue weighted by Gasteiger charge is -2.12. The lowest BCUT2D eigenvalue weighted by atomic mass is 10.3. The minimum atomic E-state index is -0.0761. The molecule has 0 atom stereocenters. The molecule has 1 aliphatic rings. The lowest BCUT2D eigenvalue weighted by molar-refractivity contribution is -0.116.